The van der Waals surface area contributed by atoms with Gasteiger partial charge >= 0.3 is 0 Å². The Bertz CT molecular complexity index is 148. The van der Waals surface area contributed by atoms with Gasteiger partial charge in [0.1, 0.15) is 0 Å². The summed E-state index contributed by atoms with van der Waals surface area (Å²) in [7, 11) is 2.13. The van der Waals surface area contributed by atoms with E-state index in [4.69, 9.17) is 5.41 Å². The van der Waals surface area contributed by atoms with Crippen LogP contribution in [0.5, 0.6) is 0 Å². The second-order valence-electron chi connectivity index (χ2n) is 4.14. The maximum absolute atomic E-state index is 7.38. The standard InChI is InChI=1S/C10H20N2/c1-3-4-5-6-10(7-11)8-12(2)9-10/h7,11H,3-6,8-9H2,1-2H3. The van der Waals surface area contributed by atoms with Crippen molar-refractivity contribution in [3.05, 3.63) is 0 Å². The summed E-state index contributed by atoms with van der Waals surface area (Å²) < 4.78 is 0. The molecule has 0 bridgehead atoms. The van der Waals surface area contributed by atoms with E-state index in [1.54, 1.807) is 6.21 Å². The molecule has 0 spiro atoms. The monoisotopic (exact) mass is 168 g/mol. The zero-order valence-corrected chi connectivity index (χ0v) is 8.27. The van der Waals surface area contributed by atoms with E-state index in [0.717, 1.165) is 13.1 Å². The lowest BCUT2D eigenvalue weighted by molar-refractivity contribution is 0.0773. The van der Waals surface area contributed by atoms with Gasteiger partial charge in [-0.1, -0.05) is 26.2 Å². The van der Waals surface area contributed by atoms with E-state index in [0.29, 0.717) is 0 Å². The van der Waals surface area contributed by atoms with Crippen molar-refractivity contribution in [2.75, 3.05) is 20.1 Å². The summed E-state index contributed by atoms with van der Waals surface area (Å²) in [4.78, 5) is 2.29. The molecule has 1 saturated heterocycles. The summed E-state index contributed by atoms with van der Waals surface area (Å²) >= 11 is 0. The van der Waals surface area contributed by atoms with Crippen molar-refractivity contribution in [3.8, 4) is 0 Å². The molecule has 70 valence electrons. The lowest BCUT2D eigenvalue weighted by Gasteiger charge is -2.46. The molecule has 0 atom stereocenters. The number of hydrogen-bond acceptors (Lipinski definition) is 2. The largest absolute Gasteiger partial charge is 0.312 e. The van der Waals surface area contributed by atoms with E-state index in [9.17, 15) is 0 Å². The molecule has 1 N–H and O–H groups in total. The molecule has 1 rings (SSSR count). The van der Waals surface area contributed by atoms with Gasteiger partial charge in [0, 0.05) is 24.7 Å². The van der Waals surface area contributed by atoms with Gasteiger partial charge in [0.2, 0.25) is 0 Å². The highest BCUT2D eigenvalue weighted by atomic mass is 15.2. The Labute approximate surface area is 75.5 Å². The highest BCUT2D eigenvalue weighted by Crippen LogP contribution is 2.32. The number of nitrogens with one attached hydrogen (secondary N) is 1. The van der Waals surface area contributed by atoms with Crippen molar-refractivity contribution in [2.24, 2.45) is 5.41 Å². The smallest absolute Gasteiger partial charge is 0.0303 e. The minimum Gasteiger partial charge on any atom is -0.312 e. The summed E-state index contributed by atoms with van der Waals surface area (Å²) in [6.45, 7) is 4.42. The normalized spacial score (nSPS) is 21.8. The quantitative estimate of drug-likeness (QED) is 0.494. The van der Waals surface area contributed by atoms with Crippen LogP contribution in [0.2, 0.25) is 0 Å². The molecule has 1 aliphatic heterocycles. The molecular formula is C10H20N2. The van der Waals surface area contributed by atoms with Gasteiger partial charge in [-0.05, 0) is 13.5 Å². The van der Waals surface area contributed by atoms with Gasteiger partial charge in [-0.3, -0.25) is 0 Å². The third-order valence-electron chi connectivity index (χ3n) is 2.75. The highest BCUT2D eigenvalue weighted by Gasteiger charge is 2.38. The van der Waals surface area contributed by atoms with Crippen molar-refractivity contribution < 1.29 is 0 Å². The van der Waals surface area contributed by atoms with Crippen molar-refractivity contribution in [1.82, 2.24) is 4.90 Å². The van der Waals surface area contributed by atoms with Crippen LogP contribution in [0.1, 0.15) is 32.6 Å². The third kappa shape index (κ3) is 2.07. The SMILES string of the molecule is CCCCCC1(C=N)CN(C)C1. The van der Waals surface area contributed by atoms with Gasteiger partial charge in [-0.2, -0.15) is 0 Å². The lowest BCUT2D eigenvalue weighted by atomic mass is 9.77. The first kappa shape index (κ1) is 9.72. The van der Waals surface area contributed by atoms with Gasteiger partial charge in [0.25, 0.3) is 0 Å². The van der Waals surface area contributed by atoms with Gasteiger partial charge < -0.3 is 10.3 Å². The number of hydrogen-bond donors (Lipinski definition) is 1. The number of unbranched alkanes of at least 4 members (excludes halogenated alkanes) is 2. The Hall–Kier alpha value is -0.370. The summed E-state index contributed by atoms with van der Waals surface area (Å²) in [5.41, 5.74) is 0.254. The first-order valence-corrected chi connectivity index (χ1v) is 4.92. The maximum Gasteiger partial charge on any atom is 0.0303 e. The molecule has 12 heavy (non-hydrogen) atoms. The van der Waals surface area contributed by atoms with Crippen molar-refractivity contribution in [1.29, 1.82) is 5.41 Å². The first-order valence-electron chi connectivity index (χ1n) is 4.92. The average molecular weight is 168 g/mol. The van der Waals surface area contributed by atoms with E-state index in [1.165, 1.54) is 25.7 Å². The molecule has 0 unspecified atom stereocenters. The second-order valence-corrected chi connectivity index (χ2v) is 4.14. The summed E-state index contributed by atoms with van der Waals surface area (Å²) in [5, 5.41) is 7.38. The molecule has 0 aromatic heterocycles. The fraction of sp³-hybridized carbons (Fsp3) is 0.900. The maximum atomic E-state index is 7.38. The Kier molecular flexibility index (Phi) is 3.27. The van der Waals surface area contributed by atoms with Crippen LogP contribution in [0.4, 0.5) is 0 Å². The Balaban J connectivity index is 2.23. The molecule has 1 heterocycles. The number of likely N-dealkylation sites (tertiary alicyclic amines) is 1. The predicted molar refractivity (Wildman–Crippen MR) is 52.9 cm³/mol. The van der Waals surface area contributed by atoms with Crippen molar-refractivity contribution >= 4 is 6.21 Å². The molecule has 1 fully saturated rings. The van der Waals surface area contributed by atoms with Gasteiger partial charge in [-0.15, -0.1) is 0 Å². The van der Waals surface area contributed by atoms with Crippen molar-refractivity contribution in [2.45, 2.75) is 32.6 Å². The number of rotatable bonds is 5. The fourth-order valence-electron chi connectivity index (χ4n) is 2.08. The molecule has 0 aromatic carbocycles. The Morgan fingerprint density at radius 3 is 2.50 bits per heavy atom. The average Bonchev–Trinajstić information content (AvgIpc) is 2.01. The van der Waals surface area contributed by atoms with E-state index in [-0.39, 0.29) is 5.41 Å². The molecule has 0 aromatic rings. The molecule has 0 saturated carbocycles. The molecule has 2 heteroatoms. The Morgan fingerprint density at radius 2 is 2.08 bits per heavy atom. The van der Waals surface area contributed by atoms with Crippen LogP contribution in [-0.4, -0.2) is 31.3 Å². The van der Waals surface area contributed by atoms with E-state index >= 15 is 0 Å². The van der Waals surface area contributed by atoms with Crippen molar-refractivity contribution in [3.63, 3.8) is 0 Å². The second kappa shape index (κ2) is 4.04. The topological polar surface area (TPSA) is 27.1 Å². The zero-order valence-electron chi connectivity index (χ0n) is 8.27. The van der Waals surface area contributed by atoms with E-state index in [2.05, 4.69) is 18.9 Å². The molecule has 0 amide bonds. The number of nitrogens with zero attached hydrogens (tertiary/aromatic N) is 1. The highest BCUT2D eigenvalue weighted by molar-refractivity contribution is 5.64. The van der Waals surface area contributed by atoms with Crippen LogP contribution >= 0.6 is 0 Å². The van der Waals surface area contributed by atoms with Crippen LogP contribution in [-0.2, 0) is 0 Å². The molecule has 2 nitrogen and oxygen atoms in total. The molecule has 1 aliphatic rings. The zero-order chi connectivity index (χ0) is 9.03. The van der Waals surface area contributed by atoms with Crippen LogP contribution in [0.15, 0.2) is 0 Å². The van der Waals surface area contributed by atoms with E-state index < -0.39 is 0 Å². The first-order chi connectivity index (χ1) is 5.72. The molecule has 0 aliphatic carbocycles. The summed E-state index contributed by atoms with van der Waals surface area (Å²) in [5.74, 6) is 0. The minimum absolute atomic E-state index is 0.254. The van der Waals surface area contributed by atoms with Gasteiger partial charge in [-0.25, -0.2) is 0 Å². The van der Waals surface area contributed by atoms with Gasteiger partial charge in [0.15, 0.2) is 0 Å². The van der Waals surface area contributed by atoms with Crippen LogP contribution in [0, 0.1) is 10.8 Å². The van der Waals surface area contributed by atoms with Crippen LogP contribution in [0.3, 0.4) is 0 Å². The molecule has 0 radical (unpaired) electrons. The van der Waals surface area contributed by atoms with E-state index in [1.807, 2.05) is 0 Å². The van der Waals surface area contributed by atoms with Crippen LogP contribution < -0.4 is 0 Å². The third-order valence-corrected chi connectivity index (χ3v) is 2.75. The van der Waals surface area contributed by atoms with Crippen LogP contribution in [0.25, 0.3) is 0 Å². The summed E-state index contributed by atoms with van der Waals surface area (Å²) in [6, 6.07) is 0. The molecular weight excluding hydrogens is 148 g/mol. The fourth-order valence-corrected chi connectivity index (χ4v) is 2.08. The minimum atomic E-state index is 0.254. The predicted octanol–water partition coefficient (Wildman–Crippen LogP) is 2.15. The Morgan fingerprint density at radius 1 is 1.42 bits per heavy atom. The van der Waals surface area contributed by atoms with Gasteiger partial charge in [0.05, 0.1) is 0 Å². The lowest BCUT2D eigenvalue weighted by Crippen LogP contribution is -2.55. The summed E-state index contributed by atoms with van der Waals surface area (Å²) in [6.07, 6.45) is 6.78.